The molecule has 112 valence electrons. The summed E-state index contributed by atoms with van der Waals surface area (Å²) < 4.78 is 5.12. The number of aromatic nitrogens is 3. The third-order valence-corrected chi connectivity index (χ3v) is 3.33. The number of ether oxygens (including phenoxy) is 1. The molecule has 0 aliphatic rings. The lowest BCUT2D eigenvalue weighted by Crippen LogP contribution is -2.15. The first-order chi connectivity index (χ1) is 11.2. The zero-order valence-electron chi connectivity index (χ0n) is 12.3. The van der Waals surface area contributed by atoms with Crippen molar-refractivity contribution in [2.24, 2.45) is 0 Å². The van der Waals surface area contributed by atoms with Gasteiger partial charge in [-0.1, -0.05) is 0 Å². The molecule has 23 heavy (non-hydrogen) atoms. The molecule has 0 radical (unpaired) electrons. The molecule has 6 nitrogen and oxygen atoms in total. The van der Waals surface area contributed by atoms with Crippen molar-refractivity contribution in [3.05, 3.63) is 64.7 Å². The zero-order chi connectivity index (χ0) is 16.2. The predicted molar refractivity (Wildman–Crippen MR) is 84.8 cm³/mol. The molecule has 3 aromatic rings. The molecule has 0 aliphatic heterocycles. The van der Waals surface area contributed by atoms with Crippen LogP contribution in [0.4, 0.5) is 0 Å². The number of aromatic amines is 1. The third kappa shape index (κ3) is 2.80. The number of nitriles is 1. The summed E-state index contributed by atoms with van der Waals surface area (Å²) in [7, 11) is 1.57. The van der Waals surface area contributed by atoms with Gasteiger partial charge in [-0.05, 0) is 36.4 Å². The molecule has 0 unspecified atom stereocenters. The monoisotopic (exact) mass is 304 g/mol. The van der Waals surface area contributed by atoms with Gasteiger partial charge in [-0.3, -0.25) is 9.78 Å². The van der Waals surface area contributed by atoms with Crippen molar-refractivity contribution in [3.63, 3.8) is 0 Å². The second-order valence-electron chi connectivity index (χ2n) is 4.72. The molecular formula is C17H12N4O2. The minimum absolute atomic E-state index is 0.0252. The Morgan fingerprint density at radius 3 is 2.57 bits per heavy atom. The van der Waals surface area contributed by atoms with Gasteiger partial charge in [0.05, 0.1) is 12.8 Å². The fraction of sp³-hybridized carbons (Fsp3) is 0.0588. The van der Waals surface area contributed by atoms with E-state index in [0.717, 1.165) is 0 Å². The van der Waals surface area contributed by atoms with Crippen molar-refractivity contribution in [2.75, 3.05) is 7.11 Å². The Labute approximate surface area is 132 Å². The van der Waals surface area contributed by atoms with Gasteiger partial charge in [-0.15, -0.1) is 0 Å². The van der Waals surface area contributed by atoms with E-state index in [0.29, 0.717) is 28.4 Å². The fourth-order valence-electron chi connectivity index (χ4n) is 2.17. The number of pyridine rings is 1. The molecule has 1 N–H and O–H groups in total. The molecule has 3 rings (SSSR count). The number of nitrogens with zero attached hydrogens (tertiary/aromatic N) is 3. The van der Waals surface area contributed by atoms with Gasteiger partial charge in [0.2, 0.25) is 0 Å². The highest BCUT2D eigenvalue weighted by Gasteiger charge is 2.14. The van der Waals surface area contributed by atoms with Crippen LogP contribution in [-0.4, -0.2) is 22.1 Å². The number of H-pyrrole nitrogens is 1. The SMILES string of the molecule is COc1ccc(-c2nc(-c3cccnc3)[nH]c(=O)c2C#N)cc1. The van der Waals surface area contributed by atoms with Crippen molar-refractivity contribution in [3.8, 4) is 34.5 Å². The lowest BCUT2D eigenvalue weighted by molar-refractivity contribution is 0.415. The van der Waals surface area contributed by atoms with E-state index in [9.17, 15) is 10.1 Å². The van der Waals surface area contributed by atoms with Gasteiger partial charge in [0.25, 0.3) is 5.56 Å². The van der Waals surface area contributed by atoms with Crippen molar-refractivity contribution >= 4 is 0 Å². The van der Waals surface area contributed by atoms with Crippen LogP contribution >= 0.6 is 0 Å². The van der Waals surface area contributed by atoms with Crippen LogP contribution in [-0.2, 0) is 0 Å². The summed E-state index contributed by atoms with van der Waals surface area (Å²) in [6, 6.07) is 12.5. The predicted octanol–water partition coefficient (Wildman–Crippen LogP) is 2.38. The molecule has 0 fully saturated rings. The number of hydrogen-bond acceptors (Lipinski definition) is 5. The first-order valence-corrected chi connectivity index (χ1v) is 6.82. The van der Waals surface area contributed by atoms with E-state index in [1.807, 2.05) is 6.07 Å². The van der Waals surface area contributed by atoms with Gasteiger partial charge < -0.3 is 9.72 Å². The lowest BCUT2D eigenvalue weighted by Gasteiger charge is -2.07. The molecule has 0 amide bonds. The van der Waals surface area contributed by atoms with Gasteiger partial charge in [-0.2, -0.15) is 5.26 Å². The standard InChI is InChI=1S/C17H12N4O2/c1-23-13-6-4-11(5-7-13)15-14(9-18)17(22)21-16(20-15)12-3-2-8-19-10-12/h2-8,10H,1H3,(H,20,21,22). The maximum absolute atomic E-state index is 12.2. The molecule has 2 heterocycles. The minimum Gasteiger partial charge on any atom is -0.497 e. The molecule has 1 aromatic carbocycles. The van der Waals surface area contributed by atoms with Crippen LogP contribution in [0.15, 0.2) is 53.6 Å². The Kier molecular flexibility index (Phi) is 3.85. The van der Waals surface area contributed by atoms with Crippen LogP contribution in [0.25, 0.3) is 22.6 Å². The summed E-state index contributed by atoms with van der Waals surface area (Å²) in [5.41, 5.74) is 1.16. The van der Waals surface area contributed by atoms with Gasteiger partial charge in [0.1, 0.15) is 23.2 Å². The molecule has 6 heteroatoms. The molecule has 0 atom stereocenters. The molecule has 2 aromatic heterocycles. The number of rotatable bonds is 3. The summed E-state index contributed by atoms with van der Waals surface area (Å²) in [6.45, 7) is 0. The quantitative estimate of drug-likeness (QED) is 0.802. The Morgan fingerprint density at radius 1 is 1.17 bits per heavy atom. The number of methoxy groups -OCH3 is 1. The lowest BCUT2D eigenvalue weighted by atomic mass is 10.1. The average molecular weight is 304 g/mol. The second-order valence-corrected chi connectivity index (χ2v) is 4.72. The van der Waals surface area contributed by atoms with Crippen molar-refractivity contribution in [1.29, 1.82) is 5.26 Å². The van der Waals surface area contributed by atoms with Gasteiger partial charge in [-0.25, -0.2) is 4.98 Å². The fourth-order valence-corrected chi connectivity index (χ4v) is 2.17. The first kappa shape index (κ1) is 14.5. The average Bonchev–Trinajstić information content (AvgIpc) is 2.62. The van der Waals surface area contributed by atoms with Crippen molar-refractivity contribution < 1.29 is 4.74 Å². The molecule has 0 saturated heterocycles. The smallest absolute Gasteiger partial charge is 0.269 e. The molecule has 0 saturated carbocycles. The van der Waals surface area contributed by atoms with E-state index in [-0.39, 0.29) is 5.56 Å². The van der Waals surface area contributed by atoms with E-state index in [4.69, 9.17) is 4.74 Å². The largest absolute Gasteiger partial charge is 0.497 e. The van der Waals surface area contributed by atoms with Crippen LogP contribution in [0, 0.1) is 11.3 Å². The Bertz CT molecular complexity index is 926. The van der Waals surface area contributed by atoms with E-state index >= 15 is 0 Å². The Morgan fingerprint density at radius 2 is 1.96 bits per heavy atom. The summed E-state index contributed by atoms with van der Waals surface area (Å²) >= 11 is 0. The van der Waals surface area contributed by atoms with Gasteiger partial charge in [0, 0.05) is 23.5 Å². The highest BCUT2D eigenvalue weighted by molar-refractivity contribution is 5.69. The third-order valence-electron chi connectivity index (χ3n) is 3.33. The second kappa shape index (κ2) is 6.12. The van der Waals surface area contributed by atoms with Crippen LogP contribution in [0.2, 0.25) is 0 Å². The van der Waals surface area contributed by atoms with Crippen LogP contribution in [0.3, 0.4) is 0 Å². The topological polar surface area (TPSA) is 91.7 Å². The first-order valence-electron chi connectivity index (χ1n) is 6.82. The van der Waals surface area contributed by atoms with E-state index in [2.05, 4.69) is 15.0 Å². The number of hydrogen-bond donors (Lipinski definition) is 1. The van der Waals surface area contributed by atoms with Crippen molar-refractivity contribution in [1.82, 2.24) is 15.0 Å². The molecule has 0 aliphatic carbocycles. The van der Waals surface area contributed by atoms with E-state index < -0.39 is 5.56 Å². The highest BCUT2D eigenvalue weighted by atomic mass is 16.5. The molecule has 0 bridgehead atoms. The van der Waals surface area contributed by atoms with Crippen LogP contribution < -0.4 is 10.3 Å². The van der Waals surface area contributed by atoms with Crippen LogP contribution in [0.1, 0.15) is 5.56 Å². The zero-order valence-corrected chi connectivity index (χ0v) is 12.3. The van der Waals surface area contributed by atoms with Crippen LogP contribution in [0.5, 0.6) is 5.75 Å². The maximum Gasteiger partial charge on any atom is 0.269 e. The Balaban J connectivity index is 2.20. The minimum atomic E-state index is -0.479. The number of nitrogens with one attached hydrogen (secondary N) is 1. The number of benzene rings is 1. The van der Waals surface area contributed by atoms with Gasteiger partial charge in [0.15, 0.2) is 0 Å². The highest BCUT2D eigenvalue weighted by Crippen LogP contribution is 2.24. The maximum atomic E-state index is 12.2. The molecular weight excluding hydrogens is 292 g/mol. The Hall–Kier alpha value is -3.46. The summed E-state index contributed by atoms with van der Waals surface area (Å²) in [5.74, 6) is 1.05. The normalized spacial score (nSPS) is 10.1. The van der Waals surface area contributed by atoms with Crippen molar-refractivity contribution in [2.45, 2.75) is 0 Å². The van der Waals surface area contributed by atoms with Gasteiger partial charge >= 0.3 is 0 Å². The van der Waals surface area contributed by atoms with E-state index in [1.54, 1.807) is 55.9 Å². The summed E-state index contributed by atoms with van der Waals surface area (Å²) in [6.07, 6.45) is 3.23. The summed E-state index contributed by atoms with van der Waals surface area (Å²) in [5, 5.41) is 9.28. The van der Waals surface area contributed by atoms with E-state index in [1.165, 1.54) is 0 Å². The summed E-state index contributed by atoms with van der Waals surface area (Å²) in [4.78, 5) is 23.3. The molecule has 0 spiro atoms.